The lowest BCUT2D eigenvalue weighted by molar-refractivity contribution is 0.0568. The van der Waals surface area contributed by atoms with Gasteiger partial charge < -0.3 is 10.2 Å². The van der Waals surface area contributed by atoms with Gasteiger partial charge in [0.25, 0.3) is 5.91 Å². The van der Waals surface area contributed by atoms with Gasteiger partial charge in [-0.3, -0.25) is 9.69 Å². The van der Waals surface area contributed by atoms with Gasteiger partial charge in [-0.05, 0) is 25.0 Å². The van der Waals surface area contributed by atoms with Crippen LogP contribution in [-0.4, -0.2) is 60.0 Å². The van der Waals surface area contributed by atoms with Crippen molar-refractivity contribution in [2.45, 2.75) is 31.7 Å². The molecule has 21 heavy (non-hydrogen) atoms. The first-order valence-electron chi connectivity index (χ1n) is 7.96. The summed E-state index contributed by atoms with van der Waals surface area (Å²) in [5, 5.41) is 2.98. The monoisotopic (exact) mass is 288 g/mol. The molecule has 1 aromatic heterocycles. The summed E-state index contributed by atoms with van der Waals surface area (Å²) in [6, 6.07) is 6.30. The molecule has 5 heteroatoms. The molecule has 0 atom stereocenters. The van der Waals surface area contributed by atoms with Crippen molar-refractivity contribution < 1.29 is 4.79 Å². The molecule has 1 aliphatic heterocycles. The van der Waals surface area contributed by atoms with Gasteiger partial charge in [-0.25, -0.2) is 4.98 Å². The number of carbonyl (C=O) groups is 1. The molecule has 0 unspecified atom stereocenters. The van der Waals surface area contributed by atoms with Crippen LogP contribution in [0.5, 0.6) is 0 Å². The molecule has 2 heterocycles. The Morgan fingerprint density at radius 1 is 1.19 bits per heavy atom. The summed E-state index contributed by atoms with van der Waals surface area (Å²) in [6.07, 6.45) is 5.40. The van der Waals surface area contributed by atoms with Gasteiger partial charge in [-0.15, -0.1) is 0 Å². The van der Waals surface area contributed by atoms with Crippen LogP contribution in [0.15, 0.2) is 18.2 Å². The van der Waals surface area contributed by atoms with Crippen LogP contribution in [0.25, 0.3) is 0 Å². The molecule has 1 saturated heterocycles. The molecule has 0 bridgehead atoms. The fraction of sp³-hybridized carbons (Fsp3) is 0.625. The molecule has 1 N–H and O–H groups in total. The van der Waals surface area contributed by atoms with Crippen LogP contribution in [0.4, 0.5) is 5.82 Å². The standard InChI is InChI=1S/C16H24N4O/c1-17-15-8-4-7-14(18-15)16(21)20-11-9-19(10-12-20)13-5-2-3-6-13/h4,7-8,13H,2-3,5-6,9-12H2,1H3,(H,17,18). The molecule has 2 fully saturated rings. The van der Waals surface area contributed by atoms with Gasteiger partial charge in [0.15, 0.2) is 0 Å². The number of pyridine rings is 1. The van der Waals surface area contributed by atoms with E-state index in [0.29, 0.717) is 5.69 Å². The van der Waals surface area contributed by atoms with Crippen molar-refractivity contribution in [3.63, 3.8) is 0 Å². The first-order valence-corrected chi connectivity index (χ1v) is 7.96. The highest BCUT2D eigenvalue weighted by Gasteiger charge is 2.28. The van der Waals surface area contributed by atoms with Crippen molar-refractivity contribution in [1.82, 2.24) is 14.8 Å². The van der Waals surface area contributed by atoms with Gasteiger partial charge in [0, 0.05) is 39.3 Å². The van der Waals surface area contributed by atoms with E-state index in [-0.39, 0.29) is 5.91 Å². The average Bonchev–Trinajstić information content (AvgIpc) is 3.09. The Morgan fingerprint density at radius 3 is 2.57 bits per heavy atom. The minimum absolute atomic E-state index is 0.0539. The summed E-state index contributed by atoms with van der Waals surface area (Å²) in [5.41, 5.74) is 0.538. The van der Waals surface area contributed by atoms with Crippen LogP contribution in [0.2, 0.25) is 0 Å². The van der Waals surface area contributed by atoms with Crippen molar-refractivity contribution in [1.29, 1.82) is 0 Å². The number of piperazine rings is 1. The zero-order valence-corrected chi connectivity index (χ0v) is 12.7. The number of hydrogen-bond donors (Lipinski definition) is 1. The molecule has 0 radical (unpaired) electrons. The summed E-state index contributed by atoms with van der Waals surface area (Å²) >= 11 is 0. The fourth-order valence-corrected chi connectivity index (χ4v) is 3.41. The minimum atomic E-state index is 0.0539. The number of carbonyl (C=O) groups excluding carboxylic acids is 1. The summed E-state index contributed by atoms with van der Waals surface area (Å²) in [6.45, 7) is 3.64. The van der Waals surface area contributed by atoms with Gasteiger partial charge >= 0.3 is 0 Å². The van der Waals surface area contributed by atoms with Crippen molar-refractivity contribution in [2.24, 2.45) is 0 Å². The topological polar surface area (TPSA) is 48.5 Å². The summed E-state index contributed by atoms with van der Waals surface area (Å²) in [5.74, 6) is 0.795. The van der Waals surface area contributed by atoms with E-state index < -0.39 is 0 Å². The average molecular weight is 288 g/mol. The molecular formula is C16H24N4O. The zero-order chi connectivity index (χ0) is 14.7. The lowest BCUT2D eigenvalue weighted by Gasteiger charge is -2.37. The van der Waals surface area contributed by atoms with Gasteiger partial charge in [0.05, 0.1) is 0 Å². The Balaban J connectivity index is 1.59. The van der Waals surface area contributed by atoms with E-state index in [4.69, 9.17) is 0 Å². The SMILES string of the molecule is CNc1cccc(C(=O)N2CCN(C3CCCC3)CC2)n1. The van der Waals surface area contributed by atoms with E-state index in [9.17, 15) is 4.79 Å². The molecule has 1 saturated carbocycles. The molecule has 5 nitrogen and oxygen atoms in total. The number of aromatic nitrogens is 1. The normalized spacial score (nSPS) is 20.7. The number of anilines is 1. The number of nitrogens with one attached hydrogen (secondary N) is 1. The highest BCUT2D eigenvalue weighted by atomic mass is 16.2. The van der Waals surface area contributed by atoms with Gasteiger partial charge in [0.1, 0.15) is 11.5 Å². The Hall–Kier alpha value is -1.62. The summed E-state index contributed by atoms with van der Waals surface area (Å²) in [4.78, 5) is 21.4. The molecule has 0 aromatic carbocycles. The molecule has 1 aromatic rings. The predicted octanol–water partition coefficient (Wildman–Crippen LogP) is 1.82. The number of hydrogen-bond acceptors (Lipinski definition) is 4. The molecule has 0 spiro atoms. The van der Waals surface area contributed by atoms with E-state index in [0.717, 1.165) is 38.0 Å². The molecule has 114 valence electrons. The lowest BCUT2D eigenvalue weighted by atomic mass is 10.1. The van der Waals surface area contributed by atoms with E-state index >= 15 is 0 Å². The second-order valence-corrected chi connectivity index (χ2v) is 5.92. The van der Waals surface area contributed by atoms with E-state index in [1.165, 1.54) is 25.7 Å². The predicted molar refractivity (Wildman–Crippen MR) is 83.5 cm³/mol. The van der Waals surface area contributed by atoms with Crippen molar-refractivity contribution in [3.8, 4) is 0 Å². The molecule has 1 amide bonds. The third kappa shape index (κ3) is 3.18. The van der Waals surface area contributed by atoms with E-state index in [1.54, 1.807) is 6.07 Å². The van der Waals surface area contributed by atoms with E-state index in [1.807, 2.05) is 24.1 Å². The summed E-state index contributed by atoms with van der Waals surface area (Å²) < 4.78 is 0. The van der Waals surface area contributed by atoms with Crippen molar-refractivity contribution in [2.75, 3.05) is 38.5 Å². The van der Waals surface area contributed by atoms with Gasteiger partial charge in [-0.1, -0.05) is 18.9 Å². The third-order valence-electron chi connectivity index (χ3n) is 4.67. The second kappa shape index (κ2) is 6.43. The number of nitrogens with zero attached hydrogens (tertiary/aromatic N) is 3. The maximum Gasteiger partial charge on any atom is 0.272 e. The number of rotatable bonds is 3. The third-order valence-corrected chi connectivity index (χ3v) is 4.67. The fourth-order valence-electron chi connectivity index (χ4n) is 3.41. The molecule has 1 aliphatic carbocycles. The molecule has 2 aliphatic rings. The smallest absolute Gasteiger partial charge is 0.272 e. The van der Waals surface area contributed by atoms with Crippen LogP contribution in [0.3, 0.4) is 0 Å². The molecular weight excluding hydrogens is 264 g/mol. The Kier molecular flexibility index (Phi) is 4.39. The highest BCUT2D eigenvalue weighted by molar-refractivity contribution is 5.92. The Morgan fingerprint density at radius 2 is 1.90 bits per heavy atom. The van der Waals surface area contributed by atoms with Crippen LogP contribution in [-0.2, 0) is 0 Å². The maximum absolute atomic E-state index is 12.5. The van der Waals surface area contributed by atoms with Crippen LogP contribution < -0.4 is 5.32 Å². The second-order valence-electron chi connectivity index (χ2n) is 5.92. The largest absolute Gasteiger partial charge is 0.373 e. The zero-order valence-electron chi connectivity index (χ0n) is 12.7. The lowest BCUT2D eigenvalue weighted by Crippen LogP contribution is -2.51. The van der Waals surface area contributed by atoms with E-state index in [2.05, 4.69) is 15.2 Å². The Bertz CT molecular complexity index is 491. The van der Waals surface area contributed by atoms with Crippen molar-refractivity contribution in [3.05, 3.63) is 23.9 Å². The van der Waals surface area contributed by atoms with Crippen LogP contribution >= 0.6 is 0 Å². The highest BCUT2D eigenvalue weighted by Crippen LogP contribution is 2.24. The van der Waals surface area contributed by atoms with Gasteiger partial charge in [-0.2, -0.15) is 0 Å². The Labute approximate surface area is 126 Å². The van der Waals surface area contributed by atoms with Gasteiger partial charge in [0.2, 0.25) is 0 Å². The van der Waals surface area contributed by atoms with Crippen LogP contribution in [0.1, 0.15) is 36.2 Å². The maximum atomic E-state index is 12.5. The minimum Gasteiger partial charge on any atom is -0.373 e. The number of amides is 1. The van der Waals surface area contributed by atoms with Crippen LogP contribution in [0, 0.1) is 0 Å². The first kappa shape index (κ1) is 14.3. The first-order chi connectivity index (χ1) is 10.3. The van der Waals surface area contributed by atoms with Crippen molar-refractivity contribution >= 4 is 11.7 Å². The summed E-state index contributed by atoms with van der Waals surface area (Å²) in [7, 11) is 1.82. The molecule has 3 rings (SSSR count). The quantitative estimate of drug-likeness (QED) is 0.922.